The Morgan fingerprint density at radius 3 is 1.29 bits per heavy atom. The number of hydrogen-bond donors (Lipinski definition) is 0. The third-order valence-corrected chi connectivity index (χ3v) is 10.7. The molecule has 2 aromatic rings. The maximum atomic E-state index is 5.65. The molecule has 3 heteroatoms. The molecule has 0 aromatic heterocycles. The SMILES string of the molecule is CCCCCCCCC(=Nc1cc(CCCCC)cc(CCCCC)c1)C(CCCC)=[N+]([Pd])c1cc(CCCCC)cc(CCCCC)c1. The van der Waals surface area contributed by atoms with Crippen molar-refractivity contribution in [2.75, 3.05) is 0 Å². The van der Waals surface area contributed by atoms with Gasteiger partial charge in [0.05, 0.1) is 0 Å². The summed E-state index contributed by atoms with van der Waals surface area (Å²) in [5.74, 6) is 0. The first-order chi connectivity index (χ1) is 24.0. The van der Waals surface area contributed by atoms with Crippen molar-refractivity contribution in [3.8, 4) is 0 Å². The van der Waals surface area contributed by atoms with E-state index in [2.05, 4.69) is 101 Å². The molecule has 0 aliphatic rings. The number of aliphatic imine (C=N–C) groups is 1. The fourth-order valence-electron chi connectivity index (χ4n) is 6.88. The number of aryl methyl sites for hydroxylation is 4. The predicted molar refractivity (Wildman–Crippen MR) is 215 cm³/mol. The van der Waals surface area contributed by atoms with Gasteiger partial charge in [0.25, 0.3) is 0 Å². The molecule has 2 rings (SSSR count). The van der Waals surface area contributed by atoms with Crippen LogP contribution in [0, 0.1) is 0 Å². The quantitative estimate of drug-likeness (QED) is 0.0446. The fourth-order valence-corrected chi connectivity index (χ4v) is 7.46. The van der Waals surface area contributed by atoms with E-state index in [4.69, 9.17) is 4.99 Å². The van der Waals surface area contributed by atoms with Crippen molar-refractivity contribution >= 4 is 22.8 Å². The molecule has 0 bridgehead atoms. The van der Waals surface area contributed by atoms with Crippen molar-refractivity contribution in [3.05, 3.63) is 58.7 Å². The van der Waals surface area contributed by atoms with E-state index in [1.807, 2.05) is 0 Å². The molecule has 0 spiro atoms. The summed E-state index contributed by atoms with van der Waals surface area (Å²) in [6, 6.07) is 14.8. The van der Waals surface area contributed by atoms with Crippen molar-refractivity contribution in [2.24, 2.45) is 4.99 Å². The van der Waals surface area contributed by atoms with Crippen LogP contribution in [0.2, 0.25) is 0 Å². The van der Waals surface area contributed by atoms with E-state index < -0.39 is 0 Å². The van der Waals surface area contributed by atoms with E-state index >= 15 is 0 Å². The summed E-state index contributed by atoms with van der Waals surface area (Å²) < 4.78 is 2.41. The molecule has 0 radical (unpaired) electrons. The molecule has 2 nitrogen and oxygen atoms in total. The van der Waals surface area contributed by atoms with Crippen LogP contribution in [0.3, 0.4) is 0 Å². The van der Waals surface area contributed by atoms with Crippen LogP contribution >= 0.6 is 0 Å². The molecule has 0 saturated heterocycles. The van der Waals surface area contributed by atoms with E-state index in [1.165, 1.54) is 186 Å². The van der Waals surface area contributed by atoms with Gasteiger partial charge in [0, 0.05) is 0 Å². The van der Waals surface area contributed by atoms with Crippen LogP contribution in [-0.2, 0) is 45.1 Å². The maximum absolute atomic E-state index is 5.65. The van der Waals surface area contributed by atoms with Gasteiger partial charge in [0.1, 0.15) is 0 Å². The van der Waals surface area contributed by atoms with E-state index in [-0.39, 0.29) is 0 Å². The van der Waals surface area contributed by atoms with Gasteiger partial charge < -0.3 is 0 Å². The number of hydrogen-bond acceptors (Lipinski definition) is 1. The van der Waals surface area contributed by atoms with Crippen molar-refractivity contribution in [3.63, 3.8) is 0 Å². The Balaban J connectivity index is 2.67. The molecule has 0 fully saturated rings. The zero-order valence-electron chi connectivity index (χ0n) is 33.1. The van der Waals surface area contributed by atoms with Gasteiger partial charge in [-0.25, -0.2) is 0 Å². The summed E-state index contributed by atoms with van der Waals surface area (Å²) in [7, 11) is 0. The molecular formula is C46H76N2Pd+. The first kappa shape index (κ1) is 43.6. The molecule has 279 valence electrons. The van der Waals surface area contributed by atoms with E-state index in [0.717, 1.165) is 25.7 Å². The van der Waals surface area contributed by atoms with Crippen molar-refractivity contribution in [1.29, 1.82) is 0 Å². The van der Waals surface area contributed by atoms with Gasteiger partial charge in [-0.15, -0.1) is 0 Å². The van der Waals surface area contributed by atoms with Gasteiger partial charge in [-0.05, 0) is 0 Å². The monoisotopic (exact) mass is 763 g/mol. The third-order valence-electron chi connectivity index (χ3n) is 9.91. The molecule has 0 aliphatic heterocycles. The minimum absolute atomic E-state index is 1.05. The number of benzene rings is 2. The Morgan fingerprint density at radius 2 is 0.837 bits per heavy atom. The van der Waals surface area contributed by atoms with Crippen molar-refractivity contribution < 1.29 is 22.7 Å². The van der Waals surface area contributed by atoms with Crippen LogP contribution in [0.5, 0.6) is 0 Å². The molecule has 0 aliphatic carbocycles. The van der Waals surface area contributed by atoms with Gasteiger partial charge in [0.2, 0.25) is 0 Å². The zero-order chi connectivity index (χ0) is 35.5. The molecule has 0 unspecified atom stereocenters. The molecule has 0 N–H and O–H groups in total. The van der Waals surface area contributed by atoms with Crippen molar-refractivity contribution in [2.45, 2.75) is 208 Å². The second-order valence-corrected chi connectivity index (χ2v) is 15.4. The Hall–Kier alpha value is -1.56. The standard InChI is InChI=1S/C46H76N2.Pd/c1-7-13-19-20-21-26-32-46(48-44-37-41(29-24-16-10-4)34-42(38-44)30-25-17-11-5)45(31-18-12-6)47-43-35-39(27-22-14-8-2)33-40(36-43)28-23-15-9-3;/h33-38H,7-32H2,1-6H3;/q;+1. The van der Waals surface area contributed by atoms with E-state index in [9.17, 15) is 0 Å². The summed E-state index contributed by atoms with van der Waals surface area (Å²) in [5, 5.41) is 0. The van der Waals surface area contributed by atoms with E-state index in [1.54, 1.807) is 0 Å². The summed E-state index contributed by atoms with van der Waals surface area (Å²) in [4.78, 5) is 5.65. The van der Waals surface area contributed by atoms with Crippen LogP contribution in [0.4, 0.5) is 11.4 Å². The first-order valence-corrected chi connectivity index (χ1v) is 21.8. The zero-order valence-corrected chi connectivity index (χ0v) is 34.6. The topological polar surface area (TPSA) is 15.4 Å². The van der Waals surface area contributed by atoms with Crippen LogP contribution in [0.15, 0.2) is 41.4 Å². The van der Waals surface area contributed by atoms with E-state index in [0.29, 0.717) is 0 Å². The second-order valence-electron chi connectivity index (χ2n) is 14.7. The fraction of sp³-hybridized carbons (Fsp3) is 0.696. The van der Waals surface area contributed by atoms with Crippen LogP contribution in [0.1, 0.15) is 205 Å². The molecule has 49 heavy (non-hydrogen) atoms. The van der Waals surface area contributed by atoms with Crippen LogP contribution in [0.25, 0.3) is 0 Å². The Morgan fingerprint density at radius 1 is 0.449 bits per heavy atom. The second kappa shape index (κ2) is 28.1. The first-order valence-electron chi connectivity index (χ1n) is 21.1. The summed E-state index contributed by atoms with van der Waals surface area (Å²) in [6.07, 6.45) is 32.3. The van der Waals surface area contributed by atoms with Crippen LogP contribution < -0.4 is 0 Å². The summed E-state index contributed by atoms with van der Waals surface area (Å²) in [6.45, 7) is 13.9. The van der Waals surface area contributed by atoms with Gasteiger partial charge in [-0.3, -0.25) is 0 Å². The Kier molecular flexibility index (Phi) is 25.0. The third kappa shape index (κ3) is 18.5. The molecule has 0 atom stereocenters. The van der Waals surface area contributed by atoms with Gasteiger partial charge in [-0.1, -0.05) is 0 Å². The average molecular weight is 764 g/mol. The number of unbranched alkanes of at least 4 members (excludes halogenated alkanes) is 14. The molecular weight excluding hydrogens is 687 g/mol. The summed E-state index contributed by atoms with van der Waals surface area (Å²) >= 11 is 3.83. The average Bonchev–Trinajstić information content (AvgIpc) is 3.10. The Bertz CT molecular complexity index is 1150. The summed E-state index contributed by atoms with van der Waals surface area (Å²) in [5.41, 5.74) is 11.1. The van der Waals surface area contributed by atoms with Gasteiger partial charge in [0.15, 0.2) is 0 Å². The molecule has 0 amide bonds. The molecule has 0 heterocycles. The number of nitrogens with zero attached hydrogens (tertiary/aromatic N) is 2. The normalized spacial score (nSPS) is 12.5. The number of rotatable bonds is 29. The van der Waals surface area contributed by atoms with Crippen LogP contribution in [-0.4, -0.2) is 14.6 Å². The van der Waals surface area contributed by atoms with Crippen molar-refractivity contribution in [1.82, 2.24) is 0 Å². The molecule has 2 aromatic carbocycles. The van der Waals surface area contributed by atoms with Gasteiger partial charge in [-0.2, -0.15) is 0 Å². The predicted octanol–water partition coefficient (Wildman–Crippen LogP) is 14.9. The van der Waals surface area contributed by atoms with Gasteiger partial charge >= 0.3 is 318 Å². The minimum atomic E-state index is 1.05. The molecule has 0 saturated carbocycles. The Labute approximate surface area is 316 Å².